The number of nitrogens with zero attached hydrogens (tertiary/aromatic N) is 3. The number of benzene rings is 2. The van der Waals surface area contributed by atoms with Gasteiger partial charge in [0, 0.05) is 16.1 Å². The van der Waals surface area contributed by atoms with Gasteiger partial charge >= 0.3 is 0 Å². The summed E-state index contributed by atoms with van der Waals surface area (Å²) in [5, 5.41) is 29.1. The number of pyridine rings is 1. The number of hydrogen-bond donors (Lipinski definition) is 3. The molecule has 0 unspecified atom stereocenters. The summed E-state index contributed by atoms with van der Waals surface area (Å²) in [5.41, 5.74) is 13.8. The van der Waals surface area contributed by atoms with Gasteiger partial charge in [0.05, 0.1) is 5.56 Å². The number of phenols is 1. The molecule has 2 aromatic carbocycles. The van der Waals surface area contributed by atoms with Gasteiger partial charge in [0.25, 0.3) is 0 Å². The van der Waals surface area contributed by atoms with Crippen LogP contribution in [0.1, 0.15) is 11.1 Å². The van der Waals surface area contributed by atoms with E-state index in [-0.39, 0.29) is 22.7 Å². The van der Waals surface area contributed by atoms with Gasteiger partial charge in [-0.2, -0.15) is 10.5 Å². The van der Waals surface area contributed by atoms with Crippen LogP contribution in [0.25, 0.3) is 11.1 Å². The Morgan fingerprint density at radius 1 is 0.923 bits per heavy atom. The Balaban J connectivity index is 2.25. The van der Waals surface area contributed by atoms with Crippen molar-refractivity contribution in [1.29, 1.82) is 10.5 Å². The highest BCUT2D eigenvalue weighted by Gasteiger charge is 2.21. The number of nitrogens with two attached hydrogens (primary N) is 2. The number of anilines is 2. The van der Waals surface area contributed by atoms with E-state index in [1.54, 1.807) is 18.2 Å². The van der Waals surface area contributed by atoms with Crippen molar-refractivity contribution in [1.82, 2.24) is 4.98 Å². The molecular weight excluding hydrogens is 346 g/mol. The van der Waals surface area contributed by atoms with Gasteiger partial charge in [0.2, 0.25) is 0 Å². The Morgan fingerprint density at radius 3 is 2.19 bits per heavy atom. The second-order valence-corrected chi connectivity index (χ2v) is 6.37. The Morgan fingerprint density at radius 2 is 1.58 bits per heavy atom. The van der Waals surface area contributed by atoms with Gasteiger partial charge in [-0.15, -0.1) is 0 Å². The van der Waals surface area contributed by atoms with Crippen LogP contribution in [0.5, 0.6) is 5.75 Å². The van der Waals surface area contributed by atoms with Gasteiger partial charge in [-0.1, -0.05) is 36.0 Å². The van der Waals surface area contributed by atoms with Crippen molar-refractivity contribution in [3.05, 3.63) is 59.7 Å². The third kappa shape index (κ3) is 3.12. The number of nitriles is 2. The summed E-state index contributed by atoms with van der Waals surface area (Å²) in [6.45, 7) is 0. The van der Waals surface area contributed by atoms with Crippen LogP contribution in [-0.2, 0) is 0 Å². The van der Waals surface area contributed by atoms with E-state index in [4.69, 9.17) is 11.5 Å². The number of aromatic nitrogens is 1. The summed E-state index contributed by atoms with van der Waals surface area (Å²) >= 11 is 1.21. The van der Waals surface area contributed by atoms with E-state index in [0.717, 1.165) is 4.90 Å². The average molecular weight is 359 g/mol. The number of hydrogen-bond acceptors (Lipinski definition) is 7. The van der Waals surface area contributed by atoms with Crippen LogP contribution in [0.4, 0.5) is 11.5 Å². The first-order valence-corrected chi connectivity index (χ1v) is 8.32. The molecule has 0 saturated carbocycles. The SMILES string of the molecule is N#Cc1c(N)nc(Sc2ccccc2N)c(C#N)c1-c1ccc(O)cc1. The minimum Gasteiger partial charge on any atom is -0.508 e. The third-order valence-corrected chi connectivity index (χ3v) is 4.78. The lowest BCUT2D eigenvalue weighted by Gasteiger charge is -2.13. The molecule has 126 valence electrons. The van der Waals surface area contributed by atoms with Gasteiger partial charge in [-0.3, -0.25) is 0 Å². The predicted molar refractivity (Wildman–Crippen MR) is 100 cm³/mol. The molecule has 3 aromatic rings. The molecule has 7 heteroatoms. The van der Waals surface area contributed by atoms with Crippen molar-refractivity contribution < 1.29 is 5.11 Å². The normalized spacial score (nSPS) is 10.1. The molecule has 26 heavy (non-hydrogen) atoms. The molecule has 0 fully saturated rings. The van der Waals surface area contributed by atoms with E-state index in [2.05, 4.69) is 11.1 Å². The maximum atomic E-state index is 9.74. The quantitative estimate of drug-likeness (QED) is 0.609. The molecule has 0 saturated heterocycles. The lowest BCUT2D eigenvalue weighted by molar-refractivity contribution is 0.475. The molecule has 0 radical (unpaired) electrons. The molecule has 0 spiro atoms. The number of phenolic OH excluding ortho intramolecular Hbond substituents is 1. The van der Waals surface area contributed by atoms with E-state index in [1.807, 2.05) is 24.3 Å². The monoisotopic (exact) mass is 359 g/mol. The zero-order valence-corrected chi connectivity index (χ0v) is 14.3. The summed E-state index contributed by atoms with van der Waals surface area (Å²) in [6, 6.07) is 17.6. The number of rotatable bonds is 3. The molecule has 1 aromatic heterocycles. The highest BCUT2D eigenvalue weighted by atomic mass is 32.2. The first-order valence-electron chi connectivity index (χ1n) is 7.50. The second kappa shape index (κ2) is 7.06. The van der Waals surface area contributed by atoms with Crippen LogP contribution < -0.4 is 11.5 Å². The van der Waals surface area contributed by atoms with Crippen molar-refractivity contribution in [2.45, 2.75) is 9.92 Å². The average Bonchev–Trinajstić information content (AvgIpc) is 2.64. The largest absolute Gasteiger partial charge is 0.508 e. The molecule has 5 N–H and O–H groups in total. The van der Waals surface area contributed by atoms with E-state index in [9.17, 15) is 15.6 Å². The molecule has 1 heterocycles. The lowest BCUT2D eigenvalue weighted by atomic mass is 9.97. The third-order valence-electron chi connectivity index (χ3n) is 3.70. The Labute approximate surface area is 154 Å². The summed E-state index contributed by atoms with van der Waals surface area (Å²) in [5.74, 6) is 0.117. The Bertz CT molecular complexity index is 1070. The zero-order valence-electron chi connectivity index (χ0n) is 13.5. The molecule has 3 rings (SSSR count). The summed E-state index contributed by atoms with van der Waals surface area (Å²) in [7, 11) is 0. The maximum Gasteiger partial charge on any atom is 0.143 e. The van der Waals surface area contributed by atoms with E-state index >= 15 is 0 Å². The fourth-order valence-electron chi connectivity index (χ4n) is 2.47. The second-order valence-electron chi connectivity index (χ2n) is 5.34. The predicted octanol–water partition coefficient (Wildman–Crippen LogP) is 3.51. The molecule has 0 aliphatic carbocycles. The fraction of sp³-hybridized carbons (Fsp3) is 0. The van der Waals surface area contributed by atoms with Crippen molar-refractivity contribution in [3.8, 4) is 29.0 Å². The zero-order chi connectivity index (χ0) is 18.7. The van der Waals surface area contributed by atoms with E-state index < -0.39 is 0 Å². The van der Waals surface area contributed by atoms with E-state index in [0.29, 0.717) is 21.8 Å². The number of para-hydroxylation sites is 1. The van der Waals surface area contributed by atoms with Gasteiger partial charge in [0.1, 0.15) is 34.3 Å². The molecular formula is C19H13N5OS. The molecule has 6 nitrogen and oxygen atoms in total. The topological polar surface area (TPSA) is 133 Å². The maximum absolute atomic E-state index is 9.74. The van der Waals surface area contributed by atoms with Gasteiger partial charge in [-0.25, -0.2) is 4.98 Å². The minimum absolute atomic E-state index is 0.0339. The minimum atomic E-state index is 0.0339. The van der Waals surface area contributed by atoms with Crippen molar-refractivity contribution in [2.24, 2.45) is 0 Å². The smallest absolute Gasteiger partial charge is 0.143 e. The highest BCUT2D eigenvalue weighted by Crippen LogP contribution is 2.39. The number of nitrogen functional groups attached to an aromatic ring is 2. The molecule has 0 bridgehead atoms. The van der Waals surface area contributed by atoms with Crippen LogP contribution >= 0.6 is 11.8 Å². The summed E-state index contributed by atoms with van der Waals surface area (Å²) in [6.07, 6.45) is 0. The van der Waals surface area contributed by atoms with Gasteiger partial charge in [-0.05, 0) is 29.8 Å². The van der Waals surface area contributed by atoms with Gasteiger partial charge in [0.15, 0.2) is 0 Å². The summed E-state index contributed by atoms with van der Waals surface area (Å²) in [4.78, 5) is 4.98. The van der Waals surface area contributed by atoms with Crippen LogP contribution in [0.15, 0.2) is 58.5 Å². The van der Waals surface area contributed by atoms with Crippen molar-refractivity contribution in [2.75, 3.05) is 11.5 Å². The molecule has 0 atom stereocenters. The molecule has 0 amide bonds. The first-order chi connectivity index (χ1) is 12.5. The van der Waals surface area contributed by atoms with Crippen LogP contribution in [0.2, 0.25) is 0 Å². The lowest BCUT2D eigenvalue weighted by Crippen LogP contribution is -2.03. The Hall–Kier alpha value is -3.68. The Kier molecular flexibility index (Phi) is 4.66. The highest BCUT2D eigenvalue weighted by molar-refractivity contribution is 7.99. The fourth-order valence-corrected chi connectivity index (χ4v) is 3.40. The van der Waals surface area contributed by atoms with Crippen molar-refractivity contribution in [3.63, 3.8) is 0 Å². The van der Waals surface area contributed by atoms with Gasteiger partial charge < -0.3 is 16.6 Å². The van der Waals surface area contributed by atoms with Crippen LogP contribution in [0.3, 0.4) is 0 Å². The summed E-state index contributed by atoms with van der Waals surface area (Å²) < 4.78 is 0. The first kappa shape index (κ1) is 17.2. The van der Waals surface area contributed by atoms with Crippen LogP contribution in [-0.4, -0.2) is 10.1 Å². The van der Waals surface area contributed by atoms with E-state index in [1.165, 1.54) is 23.9 Å². The molecule has 0 aliphatic rings. The number of aromatic hydroxyl groups is 1. The van der Waals surface area contributed by atoms with Crippen molar-refractivity contribution >= 4 is 23.3 Å². The standard InChI is InChI=1S/C19H13N5OS/c20-9-13-17(11-5-7-12(25)8-6-11)14(10-21)19(24-18(13)23)26-16-4-2-1-3-15(16)22/h1-8,25H,22H2,(H2,23,24). The molecule has 0 aliphatic heterocycles. The van der Waals surface area contributed by atoms with Crippen LogP contribution in [0, 0.1) is 22.7 Å².